The SMILES string of the molecule is NC(=NCC1CCCO1)NCCC(=O)N1CCOCC1. The van der Waals surface area contributed by atoms with Crippen LogP contribution in [0.3, 0.4) is 0 Å². The maximum absolute atomic E-state index is 11.9. The third-order valence-electron chi connectivity index (χ3n) is 3.50. The highest BCUT2D eigenvalue weighted by Crippen LogP contribution is 2.11. The zero-order valence-electron chi connectivity index (χ0n) is 11.8. The van der Waals surface area contributed by atoms with Gasteiger partial charge in [-0.3, -0.25) is 9.79 Å². The van der Waals surface area contributed by atoms with Gasteiger partial charge in [0.15, 0.2) is 5.96 Å². The molecule has 7 heteroatoms. The van der Waals surface area contributed by atoms with Crippen molar-refractivity contribution >= 4 is 11.9 Å². The number of ether oxygens (including phenoxy) is 2. The number of aliphatic imine (C=N–C) groups is 1. The third kappa shape index (κ3) is 4.97. The molecular formula is C13H24N4O3. The normalized spacial score (nSPS) is 23.9. The van der Waals surface area contributed by atoms with Crippen molar-refractivity contribution in [3.8, 4) is 0 Å². The molecular weight excluding hydrogens is 260 g/mol. The van der Waals surface area contributed by atoms with Gasteiger partial charge in [-0.1, -0.05) is 0 Å². The summed E-state index contributed by atoms with van der Waals surface area (Å²) >= 11 is 0. The summed E-state index contributed by atoms with van der Waals surface area (Å²) in [5.41, 5.74) is 5.75. The lowest BCUT2D eigenvalue weighted by molar-refractivity contribution is -0.135. The topological polar surface area (TPSA) is 89.2 Å². The fourth-order valence-corrected chi connectivity index (χ4v) is 2.31. The molecule has 0 aromatic carbocycles. The molecule has 1 atom stereocenters. The second-order valence-corrected chi connectivity index (χ2v) is 5.03. The van der Waals surface area contributed by atoms with Crippen molar-refractivity contribution in [1.29, 1.82) is 0 Å². The molecule has 0 spiro atoms. The minimum absolute atomic E-state index is 0.132. The minimum atomic E-state index is 0.132. The standard InChI is InChI=1S/C13H24N4O3/c14-13(16-10-11-2-1-7-20-11)15-4-3-12(18)17-5-8-19-9-6-17/h11H,1-10H2,(H3,14,15,16). The molecule has 0 aliphatic carbocycles. The Bertz CT molecular complexity index is 337. The van der Waals surface area contributed by atoms with E-state index in [0.717, 1.165) is 19.4 Å². The largest absolute Gasteiger partial charge is 0.378 e. The van der Waals surface area contributed by atoms with Crippen molar-refractivity contribution in [1.82, 2.24) is 10.2 Å². The quantitative estimate of drug-likeness (QED) is 0.516. The molecule has 7 nitrogen and oxygen atoms in total. The fourth-order valence-electron chi connectivity index (χ4n) is 2.31. The van der Waals surface area contributed by atoms with Gasteiger partial charge in [0.2, 0.25) is 5.91 Å². The van der Waals surface area contributed by atoms with Crippen molar-refractivity contribution in [2.45, 2.75) is 25.4 Å². The van der Waals surface area contributed by atoms with Gasteiger partial charge in [0.05, 0.1) is 25.9 Å². The second kappa shape index (κ2) is 8.06. The van der Waals surface area contributed by atoms with Crippen LogP contribution in [0, 0.1) is 0 Å². The van der Waals surface area contributed by atoms with Crippen molar-refractivity contribution in [2.24, 2.45) is 10.7 Å². The van der Waals surface area contributed by atoms with Crippen LogP contribution in [0.5, 0.6) is 0 Å². The van der Waals surface area contributed by atoms with Crippen molar-refractivity contribution < 1.29 is 14.3 Å². The summed E-state index contributed by atoms with van der Waals surface area (Å²) in [7, 11) is 0. The lowest BCUT2D eigenvalue weighted by Gasteiger charge is -2.26. The van der Waals surface area contributed by atoms with E-state index in [1.54, 1.807) is 0 Å². The average Bonchev–Trinajstić information content (AvgIpc) is 2.99. The smallest absolute Gasteiger partial charge is 0.224 e. The molecule has 0 aromatic rings. The third-order valence-corrected chi connectivity index (χ3v) is 3.50. The number of amides is 1. The first-order chi connectivity index (χ1) is 9.75. The van der Waals surface area contributed by atoms with Gasteiger partial charge >= 0.3 is 0 Å². The molecule has 2 aliphatic heterocycles. The Balaban J connectivity index is 1.59. The molecule has 0 bridgehead atoms. The zero-order valence-corrected chi connectivity index (χ0v) is 11.8. The van der Waals surface area contributed by atoms with E-state index in [0.29, 0.717) is 51.8 Å². The maximum atomic E-state index is 11.9. The Labute approximate surface area is 119 Å². The molecule has 0 radical (unpaired) electrons. The van der Waals surface area contributed by atoms with Gasteiger partial charge in [-0.15, -0.1) is 0 Å². The number of nitrogens with two attached hydrogens (primary N) is 1. The van der Waals surface area contributed by atoms with E-state index in [2.05, 4.69) is 10.3 Å². The van der Waals surface area contributed by atoms with Gasteiger partial charge in [0.25, 0.3) is 0 Å². The maximum Gasteiger partial charge on any atom is 0.224 e. The summed E-state index contributed by atoms with van der Waals surface area (Å²) in [5.74, 6) is 0.517. The number of hydrogen-bond donors (Lipinski definition) is 2. The predicted octanol–water partition coefficient (Wildman–Crippen LogP) is -0.681. The molecule has 1 amide bonds. The number of guanidine groups is 1. The van der Waals surface area contributed by atoms with Gasteiger partial charge in [0, 0.05) is 32.7 Å². The number of rotatable bonds is 5. The van der Waals surface area contributed by atoms with Crippen LogP contribution < -0.4 is 11.1 Å². The Kier molecular flexibility index (Phi) is 6.07. The van der Waals surface area contributed by atoms with E-state index < -0.39 is 0 Å². The van der Waals surface area contributed by atoms with E-state index in [-0.39, 0.29) is 12.0 Å². The van der Waals surface area contributed by atoms with Gasteiger partial charge in [-0.2, -0.15) is 0 Å². The summed E-state index contributed by atoms with van der Waals surface area (Å²) in [6.45, 7) is 4.55. The first-order valence-corrected chi connectivity index (χ1v) is 7.26. The Morgan fingerprint density at radius 3 is 2.85 bits per heavy atom. The molecule has 2 fully saturated rings. The molecule has 114 valence electrons. The average molecular weight is 284 g/mol. The highest BCUT2D eigenvalue weighted by atomic mass is 16.5. The number of morpholine rings is 1. The number of nitrogens with zero attached hydrogens (tertiary/aromatic N) is 2. The first-order valence-electron chi connectivity index (χ1n) is 7.26. The summed E-state index contributed by atoms with van der Waals surface area (Å²) in [5, 5.41) is 2.97. The molecule has 1 unspecified atom stereocenters. The lowest BCUT2D eigenvalue weighted by atomic mass is 10.2. The summed E-state index contributed by atoms with van der Waals surface area (Å²) < 4.78 is 10.7. The van der Waals surface area contributed by atoms with Crippen LogP contribution in [0.4, 0.5) is 0 Å². The monoisotopic (exact) mass is 284 g/mol. The van der Waals surface area contributed by atoms with E-state index in [4.69, 9.17) is 15.2 Å². The Morgan fingerprint density at radius 1 is 1.35 bits per heavy atom. The predicted molar refractivity (Wildman–Crippen MR) is 75.5 cm³/mol. The molecule has 0 aromatic heterocycles. The second-order valence-electron chi connectivity index (χ2n) is 5.03. The van der Waals surface area contributed by atoms with Crippen LogP contribution in [-0.4, -0.2) is 68.9 Å². The molecule has 3 N–H and O–H groups in total. The van der Waals surface area contributed by atoms with Crippen LogP contribution in [0.2, 0.25) is 0 Å². The molecule has 2 rings (SSSR count). The number of nitrogens with one attached hydrogen (secondary N) is 1. The van der Waals surface area contributed by atoms with Crippen LogP contribution in [0.25, 0.3) is 0 Å². The van der Waals surface area contributed by atoms with Crippen molar-refractivity contribution in [3.63, 3.8) is 0 Å². The Hall–Kier alpha value is -1.34. The first kappa shape index (κ1) is 15.1. The molecule has 2 aliphatic rings. The van der Waals surface area contributed by atoms with Crippen LogP contribution in [0.1, 0.15) is 19.3 Å². The van der Waals surface area contributed by atoms with E-state index >= 15 is 0 Å². The number of carbonyl (C=O) groups excluding carboxylic acids is 1. The van der Waals surface area contributed by atoms with Crippen molar-refractivity contribution in [2.75, 3.05) is 46.0 Å². The van der Waals surface area contributed by atoms with Crippen molar-refractivity contribution in [3.05, 3.63) is 0 Å². The van der Waals surface area contributed by atoms with Crippen LogP contribution >= 0.6 is 0 Å². The highest BCUT2D eigenvalue weighted by Gasteiger charge is 2.16. The van der Waals surface area contributed by atoms with Gasteiger partial charge in [-0.05, 0) is 12.8 Å². The van der Waals surface area contributed by atoms with Crippen LogP contribution in [-0.2, 0) is 14.3 Å². The van der Waals surface area contributed by atoms with Gasteiger partial charge in [-0.25, -0.2) is 0 Å². The lowest BCUT2D eigenvalue weighted by Crippen LogP contribution is -2.42. The Morgan fingerprint density at radius 2 is 2.15 bits per heavy atom. The highest BCUT2D eigenvalue weighted by molar-refractivity contribution is 5.80. The number of carbonyl (C=O) groups is 1. The summed E-state index contributed by atoms with van der Waals surface area (Å²) in [6, 6.07) is 0. The summed E-state index contributed by atoms with van der Waals surface area (Å²) in [4.78, 5) is 17.9. The van der Waals surface area contributed by atoms with Gasteiger partial charge in [0.1, 0.15) is 0 Å². The van der Waals surface area contributed by atoms with E-state index in [1.165, 1.54) is 0 Å². The number of hydrogen-bond acceptors (Lipinski definition) is 4. The van der Waals surface area contributed by atoms with E-state index in [9.17, 15) is 4.79 Å². The molecule has 2 heterocycles. The molecule has 20 heavy (non-hydrogen) atoms. The fraction of sp³-hybridized carbons (Fsp3) is 0.846. The summed E-state index contributed by atoms with van der Waals surface area (Å²) in [6.07, 6.45) is 2.77. The molecule has 2 saturated heterocycles. The minimum Gasteiger partial charge on any atom is -0.378 e. The van der Waals surface area contributed by atoms with Gasteiger partial charge < -0.3 is 25.4 Å². The van der Waals surface area contributed by atoms with E-state index in [1.807, 2.05) is 4.90 Å². The van der Waals surface area contributed by atoms with Crippen LogP contribution in [0.15, 0.2) is 4.99 Å². The molecule has 0 saturated carbocycles. The zero-order chi connectivity index (χ0) is 14.2.